The molecule has 24 heavy (non-hydrogen) atoms. The average Bonchev–Trinajstić information content (AvgIpc) is 2.61. The van der Waals surface area contributed by atoms with E-state index in [1.807, 2.05) is 24.3 Å². The van der Waals surface area contributed by atoms with Gasteiger partial charge in [0.1, 0.15) is 11.5 Å². The molecule has 0 heterocycles. The third-order valence-corrected chi connectivity index (χ3v) is 3.75. The highest BCUT2D eigenvalue weighted by Gasteiger charge is 2.14. The lowest BCUT2D eigenvalue weighted by atomic mass is 10.1. The van der Waals surface area contributed by atoms with Crippen LogP contribution in [0.1, 0.15) is 24.2 Å². The number of rotatable bonds is 8. The number of aliphatic hydroxyl groups excluding tert-OH is 1. The molecule has 2 rings (SSSR count). The molecule has 0 radical (unpaired) electrons. The molecule has 128 valence electrons. The monoisotopic (exact) mass is 327 g/mol. The molecule has 0 fully saturated rings. The summed E-state index contributed by atoms with van der Waals surface area (Å²) in [5, 5.41) is 13.7. The molecule has 0 amide bonds. The van der Waals surface area contributed by atoms with Gasteiger partial charge in [-0.1, -0.05) is 42.0 Å². The van der Waals surface area contributed by atoms with E-state index in [0.717, 1.165) is 0 Å². The third-order valence-electron chi connectivity index (χ3n) is 3.75. The molecule has 4 heteroatoms. The summed E-state index contributed by atoms with van der Waals surface area (Å²) in [5.74, 6) is 1.35. The van der Waals surface area contributed by atoms with Gasteiger partial charge in [-0.05, 0) is 30.7 Å². The maximum atomic E-state index is 10.4. The van der Waals surface area contributed by atoms with E-state index in [0.29, 0.717) is 30.2 Å². The van der Waals surface area contributed by atoms with Crippen LogP contribution in [-0.2, 0) is 0 Å². The molecule has 1 unspecified atom stereocenters. The number of methoxy groups -OCH3 is 2. The van der Waals surface area contributed by atoms with Crippen molar-refractivity contribution in [3.63, 3.8) is 0 Å². The van der Waals surface area contributed by atoms with Crippen molar-refractivity contribution in [3.05, 3.63) is 65.2 Å². The largest absolute Gasteiger partial charge is 0.497 e. The summed E-state index contributed by atoms with van der Waals surface area (Å²) < 4.78 is 10.5. The fourth-order valence-electron chi connectivity index (χ4n) is 2.50. The van der Waals surface area contributed by atoms with Gasteiger partial charge in [0.2, 0.25) is 0 Å². The Kier molecular flexibility index (Phi) is 6.85. The Morgan fingerprint density at radius 3 is 2.54 bits per heavy atom. The Morgan fingerprint density at radius 2 is 1.88 bits per heavy atom. The minimum atomic E-state index is -0.667. The molecule has 2 N–H and O–H groups in total. The molecule has 0 aliphatic carbocycles. The van der Waals surface area contributed by atoms with Crippen molar-refractivity contribution in [2.24, 2.45) is 0 Å². The third kappa shape index (κ3) is 5.11. The van der Waals surface area contributed by atoms with E-state index >= 15 is 0 Å². The van der Waals surface area contributed by atoms with Gasteiger partial charge in [0, 0.05) is 18.7 Å². The normalized spacial score (nSPS) is 12.8. The van der Waals surface area contributed by atoms with E-state index in [1.165, 1.54) is 11.1 Å². The van der Waals surface area contributed by atoms with E-state index in [2.05, 4.69) is 30.4 Å². The Hall–Kier alpha value is -2.30. The van der Waals surface area contributed by atoms with Crippen LogP contribution < -0.4 is 14.8 Å². The van der Waals surface area contributed by atoms with Crippen molar-refractivity contribution in [3.8, 4) is 11.5 Å². The standard InChI is InChI=1S/C20H25NO3/c1-15(11-16-7-5-4-6-8-16)13-21-14-19(22)18-12-17(23-2)9-10-20(18)24-3/h4-12,19,21-22H,13-14H2,1-3H3/b15-11+. The highest BCUT2D eigenvalue weighted by Crippen LogP contribution is 2.29. The first-order valence-corrected chi connectivity index (χ1v) is 7.97. The van der Waals surface area contributed by atoms with Gasteiger partial charge in [-0.3, -0.25) is 0 Å². The van der Waals surface area contributed by atoms with Crippen molar-refractivity contribution in [2.45, 2.75) is 13.0 Å². The molecule has 0 aliphatic heterocycles. The van der Waals surface area contributed by atoms with E-state index in [1.54, 1.807) is 26.4 Å². The van der Waals surface area contributed by atoms with E-state index in [4.69, 9.17) is 9.47 Å². The smallest absolute Gasteiger partial charge is 0.124 e. The van der Waals surface area contributed by atoms with E-state index < -0.39 is 6.10 Å². The zero-order valence-electron chi connectivity index (χ0n) is 14.5. The number of ether oxygens (including phenoxy) is 2. The highest BCUT2D eigenvalue weighted by molar-refractivity contribution is 5.52. The molecule has 0 bridgehead atoms. The van der Waals surface area contributed by atoms with Crippen LogP contribution in [0.15, 0.2) is 54.1 Å². The lowest BCUT2D eigenvalue weighted by Gasteiger charge is -2.16. The number of hydrogen-bond acceptors (Lipinski definition) is 4. The molecule has 0 saturated heterocycles. The molecule has 2 aromatic carbocycles. The van der Waals surface area contributed by atoms with Crippen LogP contribution in [0.25, 0.3) is 6.08 Å². The second-order valence-electron chi connectivity index (χ2n) is 5.66. The summed E-state index contributed by atoms with van der Waals surface area (Å²) >= 11 is 0. The summed E-state index contributed by atoms with van der Waals surface area (Å²) in [4.78, 5) is 0. The minimum Gasteiger partial charge on any atom is -0.497 e. The van der Waals surface area contributed by atoms with Crippen molar-refractivity contribution in [1.29, 1.82) is 0 Å². The Bertz CT molecular complexity index is 668. The van der Waals surface area contributed by atoms with Crippen molar-refractivity contribution >= 4 is 6.08 Å². The molecule has 0 spiro atoms. The maximum absolute atomic E-state index is 10.4. The summed E-state index contributed by atoms with van der Waals surface area (Å²) in [6, 6.07) is 15.6. The van der Waals surface area contributed by atoms with Crippen LogP contribution in [-0.4, -0.2) is 32.4 Å². The SMILES string of the molecule is COc1ccc(OC)c(C(O)CNC/C(C)=C/c2ccccc2)c1. The lowest BCUT2D eigenvalue weighted by Crippen LogP contribution is -2.23. The van der Waals surface area contributed by atoms with Crippen molar-refractivity contribution in [2.75, 3.05) is 27.3 Å². The van der Waals surface area contributed by atoms with Crippen LogP contribution in [0.5, 0.6) is 11.5 Å². The summed E-state index contributed by atoms with van der Waals surface area (Å²) in [6.45, 7) is 3.21. The molecule has 1 atom stereocenters. The Labute approximate surface area is 143 Å². The van der Waals surface area contributed by atoms with E-state index in [-0.39, 0.29) is 0 Å². The number of hydrogen-bond donors (Lipinski definition) is 2. The zero-order valence-corrected chi connectivity index (χ0v) is 14.5. The van der Waals surface area contributed by atoms with Crippen LogP contribution in [0.2, 0.25) is 0 Å². The quantitative estimate of drug-likeness (QED) is 0.780. The molecule has 0 saturated carbocycles. The van der Waals surface area contributed by atoms with Gasteiger partial charge in [-0.2, -0.15) is 0 Å². The van der Waals surface area contributed by atoms with Gasteiger partial charge >= 0.3 is 0 Å². The fourth-order valence-corrected chi connectivity index (χ4v) is 2.50. The second-order valence-corrected chi connectivity index (χ2v) is 5.66. The van der Waals surface area contributed by atoms with Gasteiger partial charge < -0.3 is 19.9 Å². The van der Waals surface area contributed by atoms with E-state index in [9.17, 15) is 5.11 Å². The van der Waals surface area contributed by atoms with Crippen LogP contribution >= 0.6 is 0 Å². The Balaban J connectivity index is 1.93. The number of benzene rings is 2. The first-order valence-electron chi connectivity index (χ1n) is 7.97. The van der Waals surface area contributed by atoms with Gasteiger partial charge in [0.05, 0.1) is 20.3 Å². The van der Waals surface area contributed by atoms with Gasteiger partial charge in [0.25, 0.3) is 0 Å². The van der Waals surface area contributed by atoms with Crippen LogP contribution in [0.3, 0.4) is 0 Å². The molecule has 0 aliphatic rings. The average molecular weight is 327 g/mol. The van der Waals surface area contributed by atoms with Gasteiger partial charge in [-0.25, -0.2) is 0 Å². The first-order chi connectivity index (χ1) is 11.6. The predicted molar refractivity (Wildman–Crippen MR) is 97.5 cm³/mol. The predicted octanol–water partition coefficient (Wildman–Crippen LogP) is 3.43. The molecule has 0 aromatic heterocycles. The lowest BCUT2D eigenvalue weighted by molar-refractivity contribution is 0.171. The fraction of sp³-hybridized carbons (Fsp3) is 0.300. The summed E-state index contributed by atoms with van der Waals surface area (Å²) in [5.41, 5.74) is 3.09. The topological polar surface area (TPSA) is 50.7 Å². The van der Waals surface area contributed by atoms with Crippen molar-refractivity contribution < 1.29 is 14.6 Å². The van der Waals surface area contributed by atoms with Crippen molar-refractivity contribution in [1.82, 2.24) is 5.32 Å². The molecular formula is C20H25NO3. The Morgan fingerprint density at radius 1 is 1.12 bits per heavy atom. The molecule has 4 nitrogen and oxygen atoms in total. The van der Waals surface area contributed by atoms with Crippen LogP contribution in [0.4, 0.5) is 0 Å². The van der Waals surface area contributed by atoms with Gasteiger partial charge in [-0.15, -0.1) is 0 Å². The summed E-state index contributed by atoms with van der Waals surface area (Å²) in [6.07, 6.45) is 1.46. The summed E-state index contributed by atoms with van der Waals surface area (Å²) in [7, 11) is 3.20. The number of nitrogens with one attached hydrogen (secondary N) is 1. The second kappa shape index (κ2) is 9.11. The van der Waals surface area contributed by atoms with Crippen LogP contribution in [0, 0.1) is 0 Å². The molecule has 2 aromatic rings. The first kappa shape index (κ1) is 18.0. The minimum absolute atomic E-state index is 0.434. The molecular weight excluding hydrogens is 302 g/mol. The zero-order chi connectivity index (χ0) is 17.4. The number of aliphatic hydroxyl groups is 1. The highest BCUT2D eigenvalue weighted by atomic mass is 16.5. The maximum Gasteiger partial charge on any atom is 0.124 e. The van der Waals surface area contributed by atoms with Gasteiger partial charge in [0.15, 0.2) is 0 Å².